The number of aryl methyl sites for hydroxylation is 1. The van der Waals surface area contributed by atoms with Crippen LogP contribution in [0.5, 0.6) is 0 Å². The Morgan fingerprint density at radius 1 is 1.61 bits per heavy atom. The van der Waals surface area contributed by atoms with Crippen LogP contribution in [0.4, 0.5) is 0 Å². The van der Waals surface area contributed by atoms with E-state index in [1.54, 1.807) is 29.1 Å². The Kier molecular flexibility index (Phi) is 4.07. The summed E-state index contributed by atoms with van der Waals surface area (Å²) in [5.74, 6) is 0. The number of hydrogen-bond donors (Lipinski definition) is 2. The fourth-order valence-electron chi connectivity index (χ4n) is 1.67. The van der Waals surface area contributed by atoms with Crippen molar-refractivity contribution in [3.8, 4) is 0 Å². The van der Waals surface area contributed by atoms with Gasteiger partial charge in [-0.05, 0) is 18.4 Å². The lowest BCUT2D eigenvalue weighted by Crippen LogP contribution is -2.34. The van der Waals surface area contributed by atoms with Gasteiger partial charge < -0.3 is 10.4 Å². The van der Waals surface area contributed by atoms with Gasteiger partial charge in [-0.3, -0.25) is 4.68 Å². The molecule has 0 radical (unpaired) electrons. The molecular formula is C12H16ClN3OS. The van der Waals surface area contributed by atoms with Crippen LogP contribution in [-0.4, -0.2) is 21.4 Å². The molecule has 2 aromatic heterocycles. The molecule has 0 aliphatic heterocycles. The first-order valence-electron chi connectivity index (χ1n) is 5.63. The summed E-state index contributed by atoms with van der Waals surface area (Å²) in [6, 6.07) is 1.88. The van der Waals surface area contributed by atoms with Crippen LogP contribution < -0.4 is 5.32 Å². The van der Waals surface area contributed by atoms with Gasteiger partial charge in [-0.2, -0.15) is 5.10 Å². The summed E-state index contributed by atoms with van der Waals surface area (Å²) >= 11 is 7.61. The van der Waals surface area contributed by atoms with Crippen LogP contribution >= 0.6 is 22.9 Å². The zero-order valence-corrected chi connectivity index (χ0v) is 11.9. The molecule has 98 valence electrons. The zero-order valence-electron chi connectivity index (χ0n) is 10.4. The highest BCUT2D eigenvalue weighted by Crippen LogP contribution is 2.22. The molecule has 4 nitrogen and oxygen atoms in total. The molecule has 0 aliphatic rings. The minimum absolute atomic E-state index is 0.451. The molecule has 0 saturated carbocycles. The molecule has 6 heteroatoms. The number of nitrogens with one attached hydrogen (secondary N) is 1. The van der Waals surface area contributed by atoms with Crippen molar-refractivity contribution in [1.82, 2.24) is 15.1 Å². The number of halogens is 1. The second-order valence-electron chi connectivity index (χ2n) is 4.47. The summed E-state index contributed by atoms with van der Waals surface area (Å²) in [4.78, 5) is 1.08. The Labute approximate surface area is 115 Å². The fraction of sp³-hybridized carbons (Fsp3) is 0.417. The summed E-state index contributed by atoms with van der Waals surface area (Å²) in [5, 5.41) is 20.4. The maximum absolute atomic E-state index is 10.4. The first-order valence-corrected chi connectivity index (χ1v) is 6.89. The van der Waals surface area contributed by atoms with Gasteiger partial charge in [-0.1, -0.05) is 11.6 Å². The van der Waals surface area contributed by atoms with Crippen LogP contribution in [0.25, 0.3) is 0 Å². The molecule has 0 bridgehead atoms. The average Bonchev–Trinajstić information content (AvgIpc) is 2.89. The lowest BCUT2D eigenvalue weighted by atomic mass is 10.00. The number of nitrogens with zero attached hydrogens (tertiary/aromatic N) is 2. The summed E-state index contributed by atoms with van der Waals surface area (Å²) in [6.45, 7) is 2.88. The van der Waals surface area contributed by atoms with Gasteiger partial charge >= 0.3 is 0 Å². The number of rotatable bonds is 5. The van der Waals surface area contributed by atoms with E-state index in [2.05, 4.69) is 10.4 Å². The van der Waals surface area contributed by atoms with Crippen molar-refractivity contribution >= 4 is 22.9 Å². The van der Waals surface area contributed by atoms with Gasteiger partial charge in [0.25, 0.3) is 0 Å². The summed E-state index contributed by atoms with van der Waals surface area (Å²) in [6.07, 6.45) is 3.50. The van der Waals surface area contributed by atoms with Gasteiger partial charge in [-0.25, -0.2) is 0 Å². The molecule has 0 spiro atoms. The standard InChI is InChI=1S/C12H16ClN3OS/c1-12(17,9-5-15-16(2)7-9)8-14-6-11-10(13)3-4-18-11/h3-5,7,14,17H,6,8H2,1-2H3/t12-/m0/s1. The fourth-order valence-corrected chi connectivity index (χ4v) is 2.74. The van der Waals surface area contributed by atoms with Crippen LogP contribution in [0, 0.1) is 0 Å². The van der Waals surface area contributed by atoms with E-state index in [-0.39, 0.29) is 0 Å². The topological polar surface area (TPSA) is 50.1 Å². The van der Waals surface area contributed by atoms with Crippen LogP contribution in [0.15, 0.2) is 23.8 Å². The third-order valence-corrected chi connectivity index (χ3v) is 4.16. The highest BCUT2D eigenvalue weighted by Gasteiger charge is 2.24. The molecule has 0 aromatic carbocycles. The highest BCUT2D eigenvalue weighted by molar-refractivity contribution is 7.10. The molecule has 0 fully saturated rings. The number of aromatic nitrogens is 2. The van der Waals surface area contributed by atoms with Crippen molar-refractivity contribution in [2.24, 2.45) is 7.05 Å². The summed E-state index contributed by atoms with van der Waals surface area (Å²) < 4.78 is 1.68. The monoisotopic (exact) mass is 285 g/mol. The first kappa shape index (κ1) is 13.5. The molecule has 2 N–H and O–H groups in total. The van der Waals surface area contributed by atoms with E-state index < -0.39 is 5.60 Å². The normalized spacial score (nSPS) is 14.7. The van der Waals surface area contributed by atoms with Gasteiger partial charge in [0.1, 0.15) is 5.60 Å². The smallest absolute Gasteiger partial charge is 0.102 e. The van der Waals surface area contributed by atoms with E-state index >= 15 is 0 Å². The predicted molar refractivity (Wildman–Crippen MR) is 73.8 cm³/mol. The predicted octanol–water partition coefficient (Wildman–Crippen LogP) is 2.13. The first-order chi connectivity index (χ1) is 8.49. The van der Waals surface area contributed by atoms with Gasteiger partial charge in [0.2, 0.25) is 0 Å². The van der Waals surface area contributed by atoms with Crippen molar-refractivity contribution in [3.05, 3.63) is 39.3 Å². The molecule has 18 heavy (non-hydrogen) atoms. The Balaban J connectivity index is 1.91. The second-order valence-corrected chi connectivity index (χ2v) is 5.88. The maximum atomic E-state index is 10.4. The number of hydrogen-bond acceptors (Lipinski definition) is 4. The quantitative estimate of drug-likeness (QED) is 0.885. The number of aliphatic hydroxyl groups is 1. The number of thiophene rings is 1. The van der Waals surface area contributed by atoms with E-state index in [9.17, 15) is 5.11 Å². The molecule has 0 unspecified atom stereocenters. The lowest BCUT2D eigenvalue weighted by molar-refractivity contribution is 0.0566. The van der Waals surface area contributed by atoms with E-state index in [1.165, 1.54) is 0 Å². The Bertz CT molecular complexity index is 521. The van der Waals surface area contributed by atoms with Crippen LogP contribution in [-0.2, 0) is 19.2 Å². The largest absolute Gasteiger partial charge is 0.384 e. The van der Waals surface area contributed by atoms with Gasteiger partial charge in [-0.15, -0.1) is 11.3 Å². The van der Waals surface area contributed by atoms with Crippen LogP contribution in [0.3, 0.4) is 0 Å². The third-order valence-electron chi connectivity index (χ3n) is 2.77. The SMILES string of the molecule is Cn1cc([C@@](C)(O)CNCc2sccc2Cl)cn1. The minimum atomic E-state index is -0.933. The van der Waals surface area contributed by atoms with Gasteiger partial charge in [0.15, 0.2) is 0 Å². The van der Waals surface area contributed by atoms with Crippen molar-refractivity contribution < 1.29 is 5.11 Å². The van der Waals surface area contributed by atoms with Gasteiger partial charge in [0, 0.05) is 36.8 Å². The third kappa shape index (κ3) is 3.11. The second kappa shape index (κ2) is 5.40. The van der Waals surface area contributed by atoms with Gasteiger partial charge in [0.05, 0.1) is 11.2 Å². The lowest BCUT2D eigenvalue weighted by Gasteiger charge is -2.22. The van der Waals surface area contributed by atoms with Crippen LogP contribution in [0.1, 0.15) is 17.4 Å². The maximum Gasteiger partial charge on any atom is 0.102 e. The van der Waals surface area contributed by atoms with Crippen molar-refractivity contribution in [3.63, 3.8) is 0 Å². The van der Waals surface area contributed by atoms with E-state index in [1.807, 2.05) is 24.7 Å². The molecule has 2 heterocycles. The highest BCUT2D eigenvalue weighted by atomic mass is 35.5. The molecule has 1 atom stereocenters. The zero-order chi connectivity index (χ0) is 13.2. The molecule has 0 saturated heterocycles. The average molecular weight is 286 g/mol. The van der Waals surface area contributed by atoms with Crippen LogP contribution in [0.2, 0.25) is 5.02 Å². The van der Waals surface area contributed by atoms with Crippen molar-refractivity contribution in [2.75, 3.05) is 6.54 Å². The summed E-state index contributed by atoms with van der Waals surface area (Å²) in [5.41, 5.74) is -0.132. The molecule has 0 aliphatic carbocycles. The molecule has 2 aromatic rings. The Hall–Kier alpha value is -0.880. The minimum Gasteiger partial charge on any atom is -0.384 e. The Morgan fingerprint density at radius 3 is 2.94 bits per heavy atom. The molecular weight excluding hydrogens is 270 g/mol. The van der Waals surface area contributed by atoms with Crippen molar-refractivity contribution in [1.29, 1.82) is 0 Å². The molecule has 0 amide bonds. The molecule has 2 rings (SSSR count). The van der Waals surface area contributed by atoms with E-state index in [0.29, 0.717) is 13.1 Å². The summed E-state index contributed by atoms with van der Waals surface area (Å²) in [7, 11) is 1.83. The van der Waals surface area contributed by atoms with E-state index in [0.717, 1.165) is 15.5 Å². The van der Waals surface area contributed by atoms with Crippen molar-refractivity contribution in [2.45, 2.75) is 19.1 Å². The Morgan fingerprint density at radius 2 is 2.39 bits per heavy atom. The van der Waals surface area contributed by atoms with E-state index in [4.69, 9.17) is 11.6 Å².